The van der Waals surface area contributed by atoms with Crippen LogP contribution in [0.3, 0.4) is 0 Å². The van der Waals surface area contributed by atoms with Crippen molar-refractivity contribution in [3.63, 3.8) is 0 Å². The number of carbonyl (C=O) groups is 1. The van der Waals surface area contributed by atoms with E-state index in [-0.39, 0.29) is 6.42 Å². The van der Waals surface area contributed by atoms with E-state index in [0.717, 1.165) is 6.54 Å². The highest BCUT2D eigenvalue weighted by atomic mass is 16.4. The minimum absolute atomic E-state index is 0.231. The number of anilines is 1. The summed E-state index contributed by atoms with van der Waals surface area (Å²) in [4.78, 5) is 12.5. The number of aryl methyl sites for hydroxylation is 2. The molecule has 3 heteroatoms. The first kappa shape index (κ1) is 12.6. The Morgan fingerprint density at radius 1 is 1.38 bits per heavy atom. The van der Waals surface area contributed by atoms with Crippen molar-refractivity contribution >= 4 is 11.7 Å². The summed E-state index contributed by atoms with van der Waals surface area (Å²) in [5, 5.41) is 8.57. The second-order valence-electron chi connectivity index (χ2n) is 4.21. The highest BCUT2D eigenvalue weighted by Crippen LogP contribution is 2.20. The van der Waals surface area contributed by atoms with Crippen LogP contribution in [0.15, 0.2) is 18.2 Å². The van der Waals surface area contributed by atoms with Gasteiger partial charge in [0, 0.05) is 25.7 Å². The zero-order valence-corrected chi connectivity index (χ0v) is 10.2. The number of hydrogen-bond acceptors (Lipinski definition) is 2. The van der Waals surface area contributed by atoms with E-state index >= 15 is 0 Å². The number of carboxylic acids is 1. The van der Waals surface area contributed by atoms with Crippen LogP contribution < -0.4 is 4.90 Å². The largest absolute Gasteiger partial charge is 0.481 e. The molecular formula is C13H19NO2. The average molecular weight is 221 g/mol. The third kappa shape index (κ3) is 3.57. The topological polar surface area (TPSA) is 40.5 Å². The molecule has 0 heterocycles. The average Bonchev–Trinajstić information content (AvgIpc) is 2.16. The summed E-state index contributed by atoms with van der Waals surface area (Å²) in [6.07, 6.45) is 0.911. The zero-order chi connectivity index (χ0) is 12.1. The Morgan fingerprint density at radius 2 is 2.06 bits per heavy atom. The number of aliphatic carboxylic acids is 1. The molecule has 0 bridgehead atoms. The molecule has 0 aliphatic carbocycles. The fourth-order valence-electron chi connectivity index (χ4n) is 1.82. The molecule has 0 atom stereocenters. The normalized spacial score (nSPS) is 10.2. The van der Waals surface area contributed by atoms with Crippen LogP contribution in [0.1, 0.15) is 24.0 Å². The van der Waals surface area contributed by atoms with Crippen LogP contribution in [-0.2, 0) is 4.79 Å². The molecule has 0 amide bonds. The minimum Gasteiger partial charge on any atom is -0.481 e. The molecule has 0 saturated carbocycles. The predicted molar refractivity (Wildman–Crippen MR) is 66.1 cm³/mol. The summed E-state index contributed by atoms with van der Waals surface area (Å²) in [6, 6.07) is 6.31. The predicted octanol–water partition coefficient (Wildman–Crippen LogP) is 2.60. The van der Waals surface area contributed by atoms with E-state index in [0.29, 0.717) is 6.42 Å². The van der Waals surface area contributed by atoms with E-state index in [1.807, 2.05) is 7.05 Å². The number of benzene rings is 1. The maximum Gasteiger partial charge on any atom is 0.303 e. The fraction of sp³-hybridized carbons (Fsp3) is 0.462. The second kappa shape index (κ2) is 5.54. The van der Waals surface area contributed by atoms with Crippen molar-refractivity contribution in [2.45, 2.75) is 26.7 Å². The summed E-state index contributed by atoms with van der Waals surface area (Å²) in [7, 11) is 2.00. The Labute approximate surface area is 96.7 Å². The number of rotatable bonds is 5. The summed E-state index contributed by atoms with van der Waals surface area (Å²) in [5.74, 6) is -0.728. The van der Waals surface area contributed by atoms with Crippen molar-refractivity contribution in [1.82, 2.24) is 0 Å². The van der Waals surface area contributed by atoms with E-state index < -0.39 is 5.97 Å². The lowest BCUT2D eigenvalue weighted by atomic mass is 10.1. The van der Waals surface area contributed by atoms with Gasteiger partial charge in [-0.2, -0.15) is 0 Å². The van der Waals surface area contributed by atoms with Gasteiger partial charge < -0.3 is 10.0 Å². The zero-order valence-electron chi connectivity index (χ0n) is 10.2. The molecule has 1 N–H and O–H groups in total. The van der Waals surface area contributed by atoms with Crippen LogP contribution in [0.25, 0.3) is 0 Å². The van der Waals surface area contributed by atoms with Gasteiger partial charge in [0.2, 0.25) is 0 Å². The van der Waals surface area contributed by atoms with Crippen molar-refractivity contribution < 1.29 is 9.90 Å². The van der Waals surface area contributed by atoms with Crippen molar-refractivity contribution in [3.05, 3.63) is 29.3 Å². The minimum atomic E-state index is -0.728. The van der Waals surface area contributed by atoms with Crippen LogP contribution in [-0.4, -0.2) is 24.7 Å². The molecule has 1 rings (SSSR count). The van der Waals surface area contributed by atoms with Gasteiger partial charge in [-0.25, -0.2) is 0 Å². The highest BCUT2D eigenvalue weighted by molar-refractivity contribution is 5.66. The second-order valence-corrected chi connectivity index (χ2v) is 4.21. The molecule has 3 nitrogen and oxygen atoms in total. The lowest BCUT2D eigenvalue weighted by molar-refractivity contribution is -0.137. The van der Waals surface area contributed by atoms with E-state index in [1.54, 1.807) is 0 Å². The van der Waals surface area contributed by atoms with Gasteiger partial charge in [0.1, 0.15) is 0 Å². The molecule has 0 unspecified atom stereocenters. The summed E-state index contributed by atoms with van der Waals surface area (Å²) >= 11 is 0. The molecule has 0 aliphatic heterocycles. The standard InChI is InChI=1S/C13H19NO2/c1-10-6-7-12(11(2)9-10)14(3)8-4-5-13(15)16/h6-7,9H,4-5,8H2,1-3H3,(H,15,16). The van der Waals surface area contributed by atoms with E-state index in [4.69, 9.17) is 5.11 Å². The third-order valence-electron chi connectivity index (χ3n) is 2.65. The van der Waals surface area contributed by atoms with Gasteiger partial charge in [-0.3, -0.25) is 4.79 Å². The van der Waals surface area contributed by atoms with Gasteiger partial charge in [0.15, 0.2) is 0 Å². The molecule has 88 valence electrons. The monoisotopic (exact) mass is 221 g/mol. The molecular weight excluding hydrogens is 202 g/mol. The van der Waals surface area contributed by atoms with Crippen LogP contribution in [0.5, 0.6) is 0 Å². The van der Waals surface area contributed by atoms with Gasteiger partial charge in [-0.05, 0) is 31.9 Å². The van der Waals surface area contributed by atoms with Gasteiger partial charge in [0.25, 0.3) is 0 Å². The molecule has 16 heavy (non-hydrogen) atoms. The molecule has 1 aromatic carbocycles. The number of hydrogen-bond donors (Lipinski definition) is 1. The van der Waals surface area contributed by atoms with E-state index in [1.165, 1.54) is 16.8 Å². The smallest absolute Gasteiger partial charge is 0.303 e. The van der Waals surface area contributed by atoms with E-state index in [2.05, 4.69) is 36.9 Å². The van der Waals surface area contributed by atoms with Crippen LogP contribution >= 0.6 is 0 Å². The Hall–Kier alpha value is -1.51. The van der Waals surface area contributed by atoms with Gasteiger partial charge in [0.05, 0.1) is 0 Å². The maximum atomic E-state index is 10.4. The van der Waals surface area contributed by atoms with Crippen molar-refractivity contribution in [1.29, 1.82) is 0 Å². The Balaban J connectivity index is 2.58. The van der Waals surface area contributed by atoms with Gasteiger partial charge in [-0.1, -0.05) is 17.7 Å². The molecule has 0 aromatic heterocycles. The summed E-state index contributed by atoms with van der Waals surface area (Å²) < 4.78 is 0. The lowest BCUT2D eigenvalue weighted by Crippen LogP contribution is -2.20. The van der Waals surface area contributed by atoms with Crippen molar-refractivity contribution in [3.8, 4) is 0 Å². The van der Waals surface area contributed by atoms with Crippen molar-refractivity contribution in [2.24, 2.45) is 0 Å². The lowest BCUT2D eigenvalue weighted by Gasteiger charge is -2.21. The first-order valence-electron chi connectivity index (χ1n) is 5.51. The van der Waals surface area contributed by atoms with Crippen LogP contribution in [0.4, 0.5) is 5.69 Å². The Morgan fingerprint density at radius 3 is 2.62 bits per heavy atom. The Kier molecular flexibility index (Phi) is 4.35. The molecule has 0 fully saturated rings. The van der Waals surface area contributed by atoms with E-state index in [9.17, 15) is 4.79 Å². The number of carboxylic acid groups (broad SMARTS) is 1. The van der Waals surface area contributed by atoms with Gasteiger partial charge >= 0.3 is 5.97 Å². The molecule has 1 aromatic rings. The quantitative estimate of drug-likeness (QED) is 0.830. The molecule has 0 spiro atoms. The SMILES string of the molecule is Cc1ccc(N(C)CCCC(=O)O)c(C)c1. The van der Waals surface area contributed by atoms with Crippen LogP contribution in [0.2, 0.25) is 0 Å². The first-order valence-corrected chi connectivity index (χ1v) is 5.51. The number of nitrogens with zero attached hydrogens (tertiary/aromatic N) is 1. The van der Waals surface area contributed by atoms with Gasteiger partial charge in [-0.15, -0.1) is 0 Å². The van der Waals surface area contributed by atoms with Crippen LogP contribution in [0, 0.1) is 13.8 Å². The Bertz CT molecular complexity index is 374. The molecule has 0 saturated heterocycles. The summed E-state index contributed by atoms with van der Waals surface area (Å²) in [6.45, 7) is 4.92. The highest BCUT2D eigenvalue weighted by Gasteiger charge is 2.05. The molecule has 0 radical (unpaired) electrons. The summed E-state index contributed by atoms with van der Waals surface area (Å²) in [5.41, 5.74) is 3.66. The third-order valence-corrected chi connectivity index (χ3v) is 2.65. The molecule has 0 aliphatic rings. The first-order chi connectivity index (χ1) is 7.50. The fourth-order valence-corrected chi connectivity index (χ4v) is 1.82. The maximum absolute atomic E-state index is 10.4. The van der Waals surface area contributed by atoms with Crippen molar-refractivity contribution in [2.75, 3.05) is 18.5 Å².